The molecule has 0 unspecified atom stereocenters. The molecule has 168 valence electrons. The number of carbonyl (C=O) groups excluding carboxylic acids is 3. The molecule has 7 heteroatoms. The number of hydrogen-bond donors (Lipinski definition) is 1. The number of rotatable bonds is 9. The van der Waals surface area contributed by atoms with E-state index in [0.717, 1.165) is 0 Å². The van der Waals surface area contributed by atoms with Gasteiger partial charge >= 0.3 is 12.1 Å². The number of nitrogens with one attached hydrogen (secondary N) is 1. The first-order valence-corrected chi connectivity index (χ1v) is 10.4. The molecule has 0 spiro atoms. The number of carbonyl (C=O) groups is 3. The topological polar surface area (TPSA) is 84.9 Å². The average molecular weight is 413 g/mol. The highest BCUT2D eigenvalue weighted by atomic mass is 16.6. The minimum absolute atomic E-state index is 0.0624. The summed E-state index contributed by atoms with van der Waals surface area (Å²) < 4.78 is 10.4. The number of nitrogens with zero attached hydrogens (tertiary/aromatic N) is 1. The Balaban J connectivity index is 5.64. The van der Waals surface area contributed by atoms with Gasteiger partial charge in [0.05, 0.1) is 12.6 Å². The smallest absolute Gasteiger partial charge is 0.408 e. The largest absolute Gasteiger partial charge is 0.463 e. The van der Waals surface area contributed by atoms with Gasteiger partial charge < -0.3 is 19.7 Å². The molecule has 0 aliphatic rings. The Hall–Kier alpha value is -2.05. The van der Waals surface area contributed by atoms with Crippen LogP contribution in [0.5, 0.6) is 0 Å². The summed E-state index contributed by atoms with van der Waals surface area (Å²) in [5, 5.41) is 2.73. The molecule has 0 bridgehead atoms. The first kappa shape index (κ1) is 27.0. The van der Waals surface area contributed by atoms with E-state index in [9.17, 15) is 14.4 Å². The molecule has 7 nitrogen and oxygen atoms in total. The molecule has 0 saturated carbocycles. The van der Waals surface area contributed by atoms with Gasteiger partial charge in [-0.05, 0) is 46.5 Å². The monoisotopic (exact) mass is 412 g/mol. The van der Waals surface area contributed by atoms with Crippen molar-refractivity contribution in [2.75, 3.05) is 13.7 Å². The molecule has 1 N–H and O–H groups in total. The standard InChI is InChI=1S/C22H40N2O5/c1-11-15(5)18(23-21(27)29-22(7,8)9)19(25)24(10)17(14(3)4)13-16(6)20(26)28-12-2/h13-15,17-18H,11-12H2,1-10H3,(H,23,27)/b16-13+/t15-,17+,18-/m0/s1. The Labute approximate surface area is 176 Å². The van der Waals surface area contributed by atoms with Gasteiger partial charge in [0.2, 0.25) is 5.91 Å². The number of hydrogen-bond acceptors (Lipinski definition) is 5. The molecule has 0 aromatic carbocycles. The minimum Gasteiger partial charge on any atom is -0.463 e. The molecule has 0 rings (SSSR count). The number of amides is 2. The summed E-state index contributed by atoms with van der Waals surface area (Å²) in [6, 6.07) is -1.05. The summed E-state index contributed by atoms with van der Waals surface area (Å²) in [5.41, 5.74) is -0.204. The summed E-state index contributed by atoms with van der Waals surface area (Å²) in [5.74, 6) is -0.644. The lowest BCUT2D eigenvalue weighted by molar-refractivity contribution is -0.139. The quantitative estimate of drug-likeness (QED) is 0.458. The maximum absolute atomic E-state index is 13.3. The molecule has 3 atom stereocenters. The molecular formula is C22H40N2O5. The van der Waals surface area contributed by atoms with Crippen molar-refractivity contribution in [2.45, 2.75) is 86.4 Å². The first-order chi connectivity index (χ1) is 13.2. The number of alkyl carbamates (subject to hydrolysis) is 1. The van der Waals surface area contributed by atoms with Crippen LogP contribution in [-0.4, -0.2) is 54.2 Å². The molecule has 0 heterocycles. The van der Waals surface area contributed by atoms with E-state index in [4.69, 9.17) is 9.47 Å². The normalized spacial score (nSPS) is 15.3. The molecule has 0 aromatic rings. The van der Waals surface area contributed by atoms with Gasteiger partial charge in [0, 0.05) is 12.6 Å². The van der Waals surface area contributed by atoms with E-state index < -0.39 is 23.7 Å². The molecule has 0 aliphatic heterocycles. The van der Waals surface area contributed by atoms with Crippen LogP contribution in [0.2, 0.25) is 0 Å². The Morgan fingerprint density at radius 2 is 1.66 bits per heavy atom. The van der Waals surface area contributed by atoms with Gasteiger partial charge in [-0.3, -0.25) is 4.79 Å². The van der Waals surface area contributed by atoms with Gasteiger partial charge in [0.1, 0.15) is 11.6 Å². The van der Waals surface area contributed by atoms with Crippen molar-refractivity contribution in [1.82, 2.24) is 10.2 Å². The van der Waals surface area contributed by atoms with Crippen molar-refractivity contribution < 1.29 is 23.9 Å². The van der Waals surface area contributed by atoms with Crippen molar-refractivity contribution in [3.8, 4) is 0 Å². The maximum Gasteiger partial charge on any atom is 0.408 e. The Morgan fingerprint density at radius 3 is 2.07 bits per heavy atom. The molecule has 0 fully saturated rings. The van der Waals surface area contributed by atoms with Gasteiger partial charge in [0.15, 0.2) is 0 Å². The van der Waals surface area contributed by atoms with E-state index in [1.165, 1.54) is 0 Å². The zero-order valence-electron chi connectivity index (χ0n) is 19.8. The fourth-order valence-electron chi connectivity index (χ4n) is 2.80. The third-order valence-corrected chi connectivity index (χ3v) is 4.65. The van der Waals surface area contributed by atoms with Crippen LogP contribution < -0.4 is 5.32 Å². The zero-order valence-corrected chi connectivity index (χ0v) is 19.8. The first-order valence-electron chi connectivity index (χ1n) is 10.4. The van der Waals surface area contributed by atoms with Crippen molar-refractivity contribution in [2.24, 2.45) is 11.8 Å². The highest BCUT2D eigenvalue weighted by Crippen LogP contribution is 2.19. The second kappa shape index (κ2) is 11.8. The van der Waals surface area contributed by atoms with Crippen molar-refractivity contribution in [3.63, 3.8) is 0 Å². The van der Waals surface area contributed by atoms with E-state index in [2.05, 4.69) is 5.32 Å². The maximum atomic E-state index is 13.3. The van der Waals surface area contributed by atoms with E-state index >= 15 is 0 Å². The molecular weight excluding hydrogens is 372 g/mol. The summed E-state index contributed by atoms with van der Waals surface area (Å²) in [6.07, 6.45) is 1.84. The van der Waals surface area contributed by atoms with Crippen LogP contribution in [0, 0.1) is 11.8 Å². The van der Waals surface area contributed by atoms with E-state index in [1.807, 2.05) is 27.7 Å². The second-order valence-electron chi connectivity index (χ2n) is 8.76. The number of esters is 1. The van der Waals surface area contributed by atoms with Crippen molar-refractivity contribution in [1.29, 1.82) is 0 Å². The Bertz CT molecular complexity index is 593. The number of ether oxygens (including phenoxy) is 2. The molecule has 0 aliphatic carbocycles. The van der Waals surface area contributed by atoms with Gasteiger partial charge in [0.25, 0.3) is 0 Å². The van der Waals surface area contributed by atoms with Gasteiger partial charge in [-0.25, -0.2) is 9.59 Å². The van der Waals surface area contributed by atoms with E-state index in [-0.39, 0.29) is 23.8 Å². The summed E-state index contributed by atoms with van der Waals surface area (Å²) in [4.78, 5) is 39.1. The van der Waals surface area contributed by atoms with Crippen LogP contribution in [0.4, 0.5) is 4.79 Å². The van der Waals surface area contributed by atoms with Crippen LogP contribution in [-0.2, 0) is 19.1 Å². The average Bonchev–Trinajstić information content (AvgIpc) is 2.60. The third-order valence-electron chi connectivity index (χ3n) is 4.65. The molecule has 0 aromatic heterocycles. The molecule has 2 amide bonds. The van der Waals surface area contributed by atoms with Crippen LogP contribution in [0.25, 0.3) is 0 Å². The lowest BCUT2D eigenvalue weighted by atomic mass is 9.95. The lowest BCUT2D eigenvalue weighted by Gasteiger charge is -2.34. The fourth-order valence-corrected chi connectivity index (χ4v) is 2.80. The Morgan fingerprint density at radius 1 is 1.10 bits per heavy atom. The molecule has 29 heavy (non-hydrogen) atoms. The van der Waals surface area contributed by atoms with Crippen molar-refractivity contribution in [3.05, 3.63) is 11.6 Å². The third kappa shape index (κ3) is 9.33. The lowest BCUT2D eigenvalue weighted by Crippen LogP contribution is -2.54. The Kier molecular flexibility index (Phi) is 11.0. The summed E-state index contributed by atoms with van der Waals surface area (Å²) in [6.45, 7) is 16.9. The van der Waals surface area contributed by atoms with Crippen LogP contribution >= 0.6 is 0 Å². The van der Waals surface area contributed by atoms with Crippen molar-refractivity contribution >= 4 is 18.0 Å². The van der Waals surface area contributed by atoms with E-state index in [0.29, 0.717) is 18.6 Å². The van der Waals surface area contributed by atoms with Crippen LogP contribution in [0.1, 0.15) is 68.7 Å². The molecule has 0 saturated heterocycles. The van der Waals surface area contributed by atoms with Crippen LogP contribution in [0.15, 0.2) is 11.6 Å². The minimum atomic E-state index is -0.725. The predicted octanol–water partition coefficient (Wildman–Crippen LogP) is 3.92. The van der Waals surface area contributed by atoms with Crippen LogP contribution in [0.3, 0.4) is 0 Å². The molecule has 0 radical (unpaired) electrons. The highest BCUT2D eigenvalue weighted by Gasteiger charge is 2.33. The second-order valence-corrected chi connectivity index (χ2v) is 8.76. The highest BCUT2D eigenvalue weighted by molar-refractivity contribution is 5.89. The van der Waals surface area contributed by atoms with Gasteiger partial charge in [-0.1, -0.05) is 40.2 Å². The predicted molar refractivity (Wildman–Crippen MR) is 114 cm³/mol. The zero-order chi connectivity index (χ0) is 22.9. The number of likely N-dealkylation sites (N-methyl/N-ethyl adjacent to an activating group) is 1. The van der Waals surface area contributed by atoms with E-state index in [1.54, 1.807) is 52.6 Å². The van der Waals surface area contributed by atoms with Gasteiger partial charge in [-0.2, -0.15) is 0 Å². The fraction of sp³-hybridized carbons (Fsp3) is 0.773. The SMILES string of the molecule is CCOC(=O)/C(C)=C/[C@H](C(C)C)N(C)C(=O)[C@@H](NC(=O)OC(C)(C)C)[C@@H](C)CC. The van der Waals surface area contributed by atoms with Gasteiger partial charge in [-0.15, -0.1) is 0 Å². The summed E-state index contributed by atoms with van der Waals surface area (Å²) in [7, 11) is 1.69. The summed E-state index contributed by atoms with van der Waals surface area (Å²) >= 11 is 0.